The summed E-state index contributed by atoms with van der Waals surface area (Å²) in [6.45, 7) is 0. The maximum Gasteiger partial charge on any atom is 2.00 e. The summed E-state index contributed by atoms with van der Waals surface area (Å²) in [4.78, 5) is 0. The topological polar surface area (TPSA) is 0 Å². The zero-order valence-corrected chi connectivity index (χ0v) is 10.5. The van der Waals surface area contributed by atoms with Gasteiger partial charge in [-0.3, -0.25) is 0 Å². The van der Waals surface area contributed by atoms with Crippen molar-refractivity contribution in [2.75, 3.05) is 0 Å². The smallest absolute Gasteiger partial charge is 2.00 e. The Morgan fingerprint density at radius 3 is 0.833 bits per heavy atom. The predicted molar refractivity (Wildman–Crippen MR) is 29.2 cm³/mol. The number of hydrogen-bond acceptors (Lipinski definition) is 0. The van der Waals surface area contributed by atoms with E-state index >= 15 is 0 Å². The van der Waals surface area contributed by atoms with Gasteiger partial charge in [0.25, 0.3) is 0 Å². The molecule has 6 heavy (non-hydrogen) atoms. The molecular formula is Cl4PtSn+2. The summed E-state index contributed by atoms with van der Waals surface area (Å²) >= 11 is -3.29. The number of halogens is 4. The molecule has 0 bridgehead atoms. The molecule has 0 fully saturated rings. The van der Waals surface area contributed by atoms with Gasteiger partial charge in [-0.15, -0.1) is 0 Å². The zero-order valence-electron chi connectivity index (χ0n) is 2.33. The van der Waals surface area contributed by atoms with Crippen LogP contribution in [0.25, 0.3) is 0 Å². The molecule has 0 radical (unpaired) electrons. The van der Waals surface area contributed by atoms with E-state index < -0.39 is 13.9 Å². The second kappa shape index (κ2) is 4.52. The van der Waals surface area contributed by atoms with Gasteiger partial charge in [-0.25, -0.2) is 0 Å². The first-order valence-corrected chi connectivity index (χ1v) is 15.2. The van der Waals surface area contributed by atoms with Crippen molar-refractivity contribution in [1.82, 2.24) is 0 Å². The second-order valence-electron chi connectivity index (χ2n) is 0.429. The van der Waals surface area contributed by atoms with Gasteiger partial charge in [0.05, 0.1) is 0 Å². The molecule has 0 amide bonds. The molecule has 0 saturated carbocycles. The maximum absolute atomic E-state index is 5.04. The van der Waals surface area contributed by atoms with E-state index in [1.54, 1.807) is 0 Å². The molecule has 0 heterocycles. The Hall–Kier alpha value is 2.65. The SMILES string of the molecule is [Cl][Sn]([Cl])([Cl])[Cl].[Pt+2]. The number of rotatable bonds is 0. The summed E-state index contributed by atoms with van der Waals surface area (Å²) in [6, 6.07) is 0. The fourth-order valence-corrected chi connectivity index (χ4v) is 0. The van der Waals surface area contributed by atoms with Crippen LogP contribution in [-0.4, -0.2) is 13.9 Å². The minimum Gasteiger partial charge on any atom is 2.00 e. The van der Waals surface area contributed by atoms with Gasteiger partial charge >= 0.3 is 70.6 Å². The first-order valence-electron chi connectivity index (χ1n) is 0.756. The molecule has 0 saturated heterocycles. The van der Waals surface area contributed by atoms with Gasteiger partial charge in [-0.1, -0.05) is 0 Å². The van der Waals surface area contributed by atoms with E-state index in [0.29, 0.717) is 0 Å². The third kappa shape index (κ3) is 30.3. The van der Waals surface area contributed by atoms with E-state index in [2.05, 4.69) is 0 Å². The van der Waals surface area contributed by atoms with Gasteiger partial charge in [-0.2, -0.15) is 0 Å². The van der Waals surface area contributed by atoms with Crippen molar-refractivity contribution in [2.24, 2.45) is 0 Å². The summed E-state index contributed by atoms with van der Waals surface area (Å²) < 4.78 is 0. The minimum atomic E-state index is -3.29. The summed E-state index contributed by atoms with van der Waals surface area (Å²) in [5, 5.41) is 0. The Labute approximate surface area is 69.5 Å². The minimum absolute atomic E-state index is 0. The average molecular weight is 456 g/mol. The van der Waals surface area contributed by atoms with Crippen LogP contribution in [0.2, 0.25) is 0 Å². The fraction of sp³-hybridized carbons (Fsp3) is 0. The van der Waals surface area contributed by atoms with Gasteiger partial charge in [-0.05, 0) is 0 Å². The molecule has 0 atom stereocenters. The number of hydrogen-bond donors (Lipinski definition) is 0. The molecule has 0 aliphatic carbocycles. The molecule has 40 valence electrons. The van der Waals surface area contributed by atoms with E-state index in [-0.39, 0.29) is 21.1 Å². The normalized spacial score (nSPS) is 10.0. The maximum atomic E-state index is 5.04. The predicted octanol–water partition coefficient (Wildman–Crippen LogP) is 2.37. The summed E-state index contributed by atoms with van der Waals surface area (Å²) in [5.41, 5.74) is 0. The van der Waals surface area contributed by atoms with Crippen LogP contribution in [0.4, 0.5) is 0 Å². The van der Waals surface area contributed by atoms with Crippen LogP contribution < -0.4 is 0 Å². The molecule has 0 aliphatic heterocycles. The molecule has 0 aromatic heterocycles. The van der Waals surface area contributed by atoms with Crippen molar-refractivity contribution in [3.05, 3.63) is 0 Å². The fourth-order valence-electron chi connectivity index (χ4n) is 0. The Morgan fingerprint density at radius 2 is 0.833 bits per heavy atom. The van der Waals surface area contributed by atoms with Crippen molar-refractivity contribution >= 4 is 49.6 Å². The van der Waals surface area contributed by atoms with Gasteiger partial charge < -0.3 is 0 Å². The summed E-state index contributed by atoms with van der Waals surface area (Å²) in [5.74, 6) is 0. The second-order valence-corrected chi connectivity index (χ2v) is 25.9. The first-order chi connectivity index (χ1) is 2.00. The van der Waals surface area contributed by atoms with Crippen LogP contribution in [0.15, 0.2) is 0 Å². The molecule has 0 rings (SSSR count). The van der Waals surface area contributed by atoms with Crippen LogP contribution in [0, 0.1) is 0 Å². The molecule has 0 aromatic carbocycles. The van der Waals surface area contributed by atoms with Gasteiger partial charge in [0.1, 0.15) is 0 Å². The largest absolute Gasteiger partial charge is 2.00 e. The summed E-state index contributed by atoms with van der Waals surface area (Å²) in [6.07, 6.45) is 0. The van der Waals surface area contributed by atoms with Crippen LogP contribution in [0.5, 0.6) is 0 Å². The zero-order chi connectivity index (χ0) is 4.50. The average Bonchev–Trinajstić information content (AvgIpc) is 0.722. The molecule has 6 heteroatoms. The Morgan fingerprint density at radius 1 is 0.833 bits per heavy atom. The molecule has 0 aromatic rings. The standard InChI is InChI=1S/4ClH.Pt.Sn/h4*1H;;/q;;;;+2;+4/p-4. The monoisotopic (exact) mass is 455 g/mol. The molecule has 0 nitrogen and oxygen atoms in total. The molecular weight excluding hydrogens is 456 g/mol. The van der Waals surface area contributed by atoms with E-state index in [1.807, 2.05) is 0 Å². The first kappa shape index (κ1) is 11.4. The van der Waals surface area contributed by atoms with Gasteiger partial charge in [0, 0.05) is 0 Å². The van der Waals surface area contributed by atoms with Gasteiger partial charge in [0.15, 0.2) is 0 Å². The van der Waals surface area contributed by atoms with Crippen LogP contribution >= 0.6 is 35.7 Å². The Balaban J connectivity index is 0. The van der Waals surface area contributed by atoms with E-state index in [9.17, 15) is 0 Å². The van der Waals surface area contributed by atoms with Gasteiger partial charge in [0.2, 0.25) is 0 Å². The Bertz CT molecular complexity index is 23.0. The van der Waals surface area contributed by atoms with Crippen molar-refractivity contribution in [2.45, 2.75) is 0 Å². The molecule has 0 spiro atoms. The Kier molecular flexibility index (Phi) is 8.62. The quantitative estimate of drug-likeness (QED) is 0.492. The van der Waals surface area contributed by atoms with Crippen LogP contribution in [-0.2, 0) is 21.1 Å². The van der Waals surface area contributed by atoms with E-state index in [1.165, 1.54) is 0 Å². The van der Waals surface area contributed by atoms with E-state index in [4.69, 9.17) is 35.7 Å². The third-order valence-electron chi connectivity index (χ3n) is 0. The van der Waals surface area contributed by atoms with Crippen molar-refractivity contribution in [1.29, 1.82) is 0 Å². The van der Waals surface area contributed by atoms with E-state index in [0.717, 1.165) is 0 Å². The third-order valence-corrected chi connectivity index (χ3v) is 0. The molecule has 0 aliphatic rings. The van der Waals surface area contributed by atoms with Crippen LogP contribution in [0.1, 0.15) is 0 Å². The van der Waals surface area contributed by atoms with Crippen molar-refractivity contribution < 1.29 is 21.1 Å². The molecule has 0 unspecified atom stereocenters. The molecule has 0 N–H and O–H groups in total. The van der Waals surface area contributed by atoms with Crippen LogP contribution in [0.3, 0.4) is 0 Å². The summed E-state index contributed by atoms with van der Waals surface area (Å²) in [7, 11) is 20.1. The van der Waals surface area contributed by atoms with Crippen molar-refractivity contribution in [3.63, 3.8) is 0 Å². The van der Waals surface area contributed by atoms with Crippen molar-refractivity contribution in [3.8, 4) is 0 Å².